The number of rotatable bonds is 4. The van der Waals surface area contributed by atoms with Gasteiger partial charge in [0, 0.05) is 15.0 Å². The summed E-state index contributed by atoms with van der Waals surface area (Å²) in [4.78, 5) is 24.1. The standard InChI is InChI=1S/C18H15Br2N3O2S/c19-14-8-13(9-15(20)11-14)6-7-16(24)22-18(26)23(21)17(25)10-12-4-2-1-3-5-12/h1-9,11H,10,21H2,(H,22,24,26)/b7-6+. The maximum absolute atomic E-state index is 12.1. The molecule has 0 aromatic heterocycles. The number of halogens is 2. The van der Waals surface area contributed by atoms with E-state index in [1.807, 2.05) is 48.5 Å². The minimum Gasteiger partial charge on any atom is -0.298 e. The first-order valence-corrected chi connectivity index (χ1v) is 9.45. The molecule has 2 aromatic rings. The third kappa shape index (κ3) is 6.45. The zero-order valence-electron chi connectivity index (χ0n) is 13.5. The summed E-state index contributed by atoms with van der Waals surface area (Å²) in [6.45, 7) is 0. The van der Waals surface area contributed by atoms with E-state index in [9.17, 15) is 9.59 Å². The topological polar surface area (TPSA) is 75.4 Å². The van der Waals surface area contributed by atoms with Gasteiger partial charge in [-0.1, -0.05) is 62.2 Å². The van der Waals surface area contributed by atoms with Crippen molar-refractivity contribution in [2.24, 2.45) is 5.84 Å². The lowest BCUT2D eigenvalue weighted by Crippen LogP contribution is -2.50. The highest BCUT2D eigenvalue weighted by molar-refractivity contribution is 9.11. The van der Waals surface area contributed by atoms with Gasteiger partial charge in [-0.3, -0.25) is 14.9 Å². The van der Waals surface area contributed by atoms with E-state index in [-0.39, 0.29) is 11.5 Å². The largest absolute Gasteiger partial charge is 0.298 e. The Morgan fingerprint density at radius 1 is 1.12 bits per heavy atom. The van der Waals surface area contributed by atoms with Crippen LogP contribution in [0.1, 0.15) is 11.1 Å². The molecule has 26 heavy (non-hydrogen) atoms. The predicted octanol–water partition coefficient (Wildman–Crippen LogP) is 3.57. The van der Waals surface area contributed by atoms with E-state index in [0.29, 0.717) is 0 Å². The SMILES string of the molecule is NN(C(=O)Cc1ccccc1)C(=S)NC(=O)/C=C/c1cc(Br)cc(Br)c1. The Morgan fingerprint density at radius 2 is 1.73 bits per heavy atom. The Balaban J connectivity index is 1.92. The van der Waals surface area contributed by atoms with Gasteiger partial charge in [-0.2, -0.15) is 0 Å². The number of benzene rings is 2. The summed E-state index contributed by atoms with van der Waals surface area (Å²) >= 11 is 11.8. The molecule has 0 heterocycles. The predicted molar refractivity (Wildman–Crippen MR) is 113 cm³/mol. The van der Waals surface area contributed by atoms with Crippen LogP contribution >= 0.6 is 44.1 Å². The van der Waals surface area contributed by atoms with Crippen LogP contribution < -0.4 is 11.2 Å². The van der Waals surface area contributed by atoms with Crippen LogP contribution in [0.2, 0.25) is 0 Å². The average Bonchev–Trinajstić information content (AvgIpc) is 2.59. The fraction of sp³-hybridized carbons (Fsp3) is 0.0556. The number of hydrogen-bond donors (Lipinski definition) is 2. The second kappa shape index (κ2) is 9.72. The van der Waals surface area contributed by atoms with Crippen molar-refractivity contribution < 1.29 is 9.59 Å². The van der Waals surface area contributed by atoms with Crippen LogP contribution in [0.15, 0.2) is 63.6 Å². The first-order chi connectivity index (χ1) is 12.3. The number of hydrogen-bond acceptors (Lipinski definition) is 4. The van der Waals surface area contributed by atoms with Crippen molar-refractivity contribution in [3.63, 3.8) is 0 Å². The maximum Gasteiger partial charge on any atom is 0.250 e. The van der Waals surface area contributed by atoms with Gasteiger partial charge in [-0.05, 0) is 47.6 Å². The number of thiocarbonyl (C=S) groups is 1. The Hall–Kier alpha value is -1.87. The van der Waals surface area contributed by atoms with Crippen molar-refractivity contribution in [2.75, 3.05) is 0 Å². The van der Waals surface area contributed by atoms with E-state index >= 15 is 0 Å². The molecule has 0 atom stereocenters. The van der Waals surface area contributed by atoms with Gasteiger partial charge in [-0.15, -0.1) is 0 Å². The van der Waals surface area contributed by atoms with Crippen molar-refractivity contribution >= 4 is 67.1 Å². The van der Waals surface area contributed by atoms with Crippen molar-refractivity contribution in [1.29, 1.82) is 0 Å². The number of hydrazine groups is 1. The molecule has 0 fully saturated rings. The van der Waals surface area contributed by atoms with E-state index in [2.05, 4.69) is 37.2 Å². The molecule has 3 N–H and O–H groups in total. The Morgan fingerprint density at radius 3 is 2.35 bits per heavy atom. The first kappa shape index (κ1) is 20.4. The monoisotopic (exact) mass is 495 g/mol. The molecule has 5 nitrogen and oxygen atoms in total. The molecule has 2 rings (SSSR count). The van der Waals surface area contributed by atoms with Crippen LogP contribution in [0.3, 0.4) is 0 Å². The van der Waals surface area contributed by atoms with Gasteiger partial charge >= 0.3 is 0 Å². The first-order valence-electron chi connectivity index (χ1n) is 7.46. The summed E-state index contributed by atoms with van der Waals surface area (Å²) < 4.78 is 1.75. The van der Waals surface area contributed by atoms with Crippen LogP contribution in [0.25, 0.3) is 6.08 Å². The van der Waals surface area contributed by atoms with E-state index in [0.717, 1.165) is 25.1 Å². The van der Waals surface area contributed by atoms with Gasteiger partial charge in [0.2, 0.25) is 11.8 Å². The molecular formula is C18H15Br2N3O2S. The lowest BCUT2D eigenvalue weighted by atomic mass is 10.1. The van der Waals surface area contributed by atoms with Crippen LogP contribution in [0.5, 0.6) is 0 Å². The highest BCUT2D eigenvalue weighted by atomic mass is 79.9. The fourth-order valence-corrected chi connectivity index (χ4v) is 3.55. The Labute approximate surface area is 173 Å². The lowest BCUT2D eigenvalue weighted by Gasteiger charge is -2.17. The smallest absolute Gasteiger partial charge is 0.250 e. The maximum atomic E-state index is 12.1. The van der Waals surface area contributed by atoms with Crippen molar-refractivity contribution in [1.82, 2.24) is 10.3 Å². The van der Waals surface area contributed by atoms with Gasteiger partial charge in [0.1, 0.15) is 0 Å². The summed E-state index contributed by atoms with van der Waals surface area (Å²) in [6, 6.07) is 14.7. The van der Waals surface area contributed by atoms with E-state index in [1.54, 1.807) is 6.08 Å². The number of nitrogens with two attached hydrogens (primary N) is 1. The van der Waals surface area contributed by atoms with E-state index in [1.165, 1.54) is 6.08 Å². The fourth-order valence-electron chi connectivity index (χ4n) is 2.02. The van der Waals surface area contributed by atoms with Gasteiger partial charge in [-0.25, -0.2) is 10.9 Å². The number of carbonyl (C=O) groups is 2. The van der Waals surface area contributed by atoms with Crippen LogP contribution in [-0.2, 0) is 16.0 Å². The highest BCUT2D eigenvalue weighted by Gasteiger charge is 2.16. The quantitative estimate of drug-likeness (QED) is 0.223. The van der Waals surface area contributed by atoms with Gasteiger partial charge in [0.15, 0.2) is 5.11 Å². The van der Waals surface area contributed by atoms with Gasteiger partial charge in [0.25, 0.3) is 0 Å². The van der Waals surface area contributed by atoms with Crippen LogP contribution in [0.4, 0.5) is 0 Å². The summed E-state index contributed by atoms with van der Waals surface area (Å²) in [5.74, 6) is 4.80. The molecule has 0 aliphatic carbocycles. The molecule has 134 valence electrons. The molecule has 0 saturated carbocycles. The number of nitrogens with one attached hydrogen (secondary N) is 1. The van der Waals surface area contributed by atoms with Crippen LogP contribution in [0, 0.1) is 0 Å². The van der Waals surface area contributed by atoms with Crippen molar-refractivity contribution in [3.05, 3.63) is 74.7 Å². The molecule has 0 spiro atoms. The van der Waals surface area contributed by atoms with Crippen LogP contribution in [-0.4, -0.2) is 21.9 Å². The third-order valence-electron chi connectivity index (χ3n) is 3.23. The van der Waals surface area contributed by atoms with E-state index < -0.39 is 11.8 Å². The molecule has 0 aliphatic rings. The second-order valence-corrected chi connectivity index (χ2v) is 7.47. The molecule has 0 aliphatic heterocycles. The number of nitrogens with zero attached hydrogens (tertiary/aromatic N) is 1. The van der Waals surface area contributed by atoms with E-state index in [4.69, 9.17) is 18.1 Å². The lowest BCUT2D eigenvalue weighted by molar-refractivity contribution is -0.126. The third-order valence-corrected chi connectivity index (χ3v) is 4.44. The Kier molecular flexibility index (Phi) is 7.65. The van der Waals surface area contributed by atoms with Gasteiger partial charge in [0.05, 0.1) is 6.42 Å². The van der Waals surface area contributed by atoms with Crippen molar-refractivity contribution in [3.8, 4) is 0 Å². The average molecular weight is 497 g/mol. The molecule has 2 amide bonds. The zero-order chi connectivity index (χ0) is 19.1. The summed E-state index contributed by atoms with van der Waals surface area (Å²) in [7, 11) is 0. The van der Waals surface area contributed by atoms with Gasteiger partial charge < -0.3 is 0 Å². The molecule has 0 radical (unpaired) electrons. The highest BCUT2D eigenvalue weighted by Crippen LogP contribution is 2.20. The summed E-state index contributed by atoms with van der Waals surface area (Å²) in [6.07, 6.45) is 3.03. The minimum atomic E-state index is -0.478. The molecular weight excluding hydrogens is 482 g/mol. The molecule has 0 saturated heterocycles. The Bertz CT molecular complexity index is 837. The molecule has 0 unspecified atom stereocenters. The summed E-state index contributed by atoms with van der Waals surface area (Å²) in [5, 5.41) is 3.02. The van der Waals surface area contributed by atoms with Crippen molar-refractivity contribution in [2.45, 2.75) is 6.42 Å². The normalized spacial score (nSPS) is 10.6. The molecule has 8 heteroatoms. The number of carbonyl (C=O) groups excluding carboxylic acids is 2. The molecule has 2 aromatic carbocycles. The number of amides is 2. The zero-order valence-corrected chi connectivity index (χ0v) is 17.5. The molecule has 0 bridgehead atoms. The minimum absolute atomic E-state index is 0.0925. The summed E-state index contributed by atoms with van der Waals surface area (Å²) in [5.41, 5.74) is 1.62. The second-order valence-electron chi connectivity index (χ2n) is 5.26.